The number of anilines is 2. The second-order valence-corrected chi connectivity index (χ2v) is 5.49. The maximum atomic E-state index is 5.89. The minimum atomic E-state index is 0.515. The van der Waals surface area contributed by atoms with Gasteiger partial charge in [0, 0.05) is 24.5 Å². The fraction of sp³-hybridized carbons (Fsp3) is 0.727. The number of hydrogen-bond donors (Lipinski definition) is 2. The van der Waals surface area contributed by atoms with Gasteiger partial charge in [0.1, 0.15) is 0 Å². The Balaban J connectivity index is 2.04. The molecule has 2 atom stereocenters. The summed E-state index contributed by atoms with van der Waals surface area (Å²) in [5.41, 5.74) is 6.64. The first kappa shape index (κ1) is 11.6. The Bertz CT molecular complexity index is 350. The van der Waals surface area contributed by atoms with E-state index < -0.39 is 0 Å². The van der Waals surface area contributed by atoms with Crippen LogP contribution in [0, 0.1) is 0 Å². The fourth-order valence-corrected chi connectivity index (χ4v) is 3.27. The Morgan fingerprint density at radius 3 is 2.88 bits per heavy atom. The summed E-state index contributed by atoms with van der Waals surface area (Å²) >= 11 is 1.95. The molecule has 1 saturated carbocycles. The molecule has 0 saturated heterocycles. The average Bonchev–Trinajstić information content (AvgIpc) is 2.58. The van der Waals surface area contributed by atoms with Crippen molar-refractivity contribution in [2.75, 3.05) is 17.3 Å². The molecular weight excluding hydrogens is 220 g/mol. The molecule has 0 aromatic carbocycles. The van der Waals surface area contributed by atoms with Gasteiger partial charge in [-0.2, -0.15) is 16.9 Å². The van der Waals surface area contributed by atoms with Crippen LogP contribution < -0.4 is 11.1 Å². The Hall–Kier alpha value is -0.840. The zero-order valence-electron chi connectivity index (χ0n) is 9.94. The summed E-state index contributed by atoms with van der Waals surface area (Å²) in [6, 6.07) is 0.515. The molecule has 1 fully saturated rings. The number of hydrogen-bond acceptors (Lipinski definition) is 4. The molecule has 2 unspecified atom stereocenters. The highest BCUT2D eigenvalue weighted by molar-refractivity contribution is 7.99. The maximum absolute atomic E-state index is 5.89. The van der Waals surface area contributed by atoms with Crippen LogP contribution in [0.3, 0.4) is 0 Å². The molecule has 0 radical (unpaired) electrons. The lowest BCUT2D eigenvalue weighted by molar-refractivity contribution is 0.474. The molecule has 3 N–H and O–H groups in total. The first-order valence-corrected chi connectivity index (χ1v) is 7.08. The molecule has 5 heteroatoms. The number of nitrogen functional groups attached to an aromatic ring is 1. The van der Waals surface area contributed by atoms with Gasteiger partial charge in [0.2, 0.25) is 0 Å². The highest BCUT2D eigenvalue weighted by Crippen LogP contribution is 2.30. The lowest BCUT2D eigenvalue weighted by atomic mass is 9.95. The highest BCUT2D eigenvalue weighted by Gasteiger charge is 2.25. The molecule has 1 aliphatic rings. The predicted molar refractivity (Wildman–Crippen MR) is 70.8 cm³/mol. The number of nitrogens with two attached hydrogens (primary N) is 1. The van der Waals surface area contributed by atoms with Crippen LogP contribution in [0.5, 0.6) is 0 Å². The number of nitrogens with zero attached hydrogens (tertiary/aromatic N) is 2. The molecule has 1 heterocycles. The van der Waals surface area contributed by atoms with E-state index in [9.17, 15) is 0 Å². The molecule has 0 amide bonds. The quantitative estimate of drug-likeness (QED) is 0.849. The molecular formula is C11H20N4S. The molecule has 0 spiro atoms. The molecule has 0 aliphatic heterocycles. The van der Waals surface area contributed by atoms with Crippen LogP contribution in [0.4, 0.5) is 11.5 Å². The van der Waals surface area contributed by atoms with Gasteiger partial charge in [0.25, 0.3) is 0 Å². The molecule has 1 aromatic rings. The van der Waals surface area contributed by atoms with Gasteiger partial charge in [-0.3, -0.25) is 4.68 Å². The van der Waals surface area contributed by atoms with Gasteiger partial charge >= 0.3 is 0 Å². The van der Waals surface area contributed by atoms with E-state index in [1.807, 2.05) is 25.0 Å². The van der Waals surface area contributed by atoms with Gasteiger partial charge in [0.15, 0.2) is 5.82 Å². The molecule has 16 heavy (non-hydrogen) atoms. The van der Waals surface area contributed by atoms with Crippen LogP contribution in [0.25, 0.3) is 0 Å². The Labute approximate surface area is 101 Å². The van der Waals surface area contributed by atoms with Crippen molar-refractivity contribution in [3.63, 3.8) is 0 Å². The Morgan fingerprint density at radius 1 is 1.50 bits per heavy atom. The van der Waals surface area contributed by atoms with Crippen LogP contribution in [-0.2, 0) is 7.05 Å². The summed E-state index contributed by atoms with van der Waals surface area (Å²) in [4.78, 5) is 0. The summed E-state index contributed by atoms with van der Waals surface area (Å²) in [6.45, 7) is 0. The van der Waals surface area contributed by atoms with E-state index in [1.165, 1.54) is 25.7 Å². The van der Waals surface area contributed by atoms with Gasteiger partial charge in [0.05, 0.1) is 5.69 Å². The number of rotatable bonds is 3. The SMILES string of the molecule is CSC1CCCCC1Nc1nn(C)cc1N. The lowest BCUT2D eigenvalue weighted by Gasteiger charge is -2.31. The molecule has 1 aliphatic carbocycles. The highest BCUT2D eigenvalue weighted by atomic mass is 32.2. The summed E-state index contributed by atoms with van der Waals surface area (Å²) < 4.78 is 1.76. The van der Waals surface area contributed by atoms with E-state index in [1.54, 1.807) is 4.68 Å². The van der Waals surface area contributed by atoms with E-state index in [0.29, 0.717) is 11.3 Å². The van der Waals surface area contributed by atoms with E-state index in [-0.39, 0.29) is 0 Å². The number of aromatic nitrogens is 2. The van der Waals surface area contributed by atoms with Gasteiger partial charge in [-0.15, -0.1) is 0 Å². The van der Waals surface area contributed by atoms with Crippen LogP contribution >= 0.6 is 11.8 Å². The van der Waals surface area contributed by atoms with E-state index in [4.69, 9.17) is 5.73 Å². The fourth-order valence-electron chi connectivity index (χ4n) is 2.34. The number of thioether (sulfide) groups is 1. The predicted octanol–water partition coefficient (Wildman–Crippen LogP) is 2.09. The van der Waals surface area contributed by atoms with Crippen LogP contribution in [-0.4, -0.2) is 27.3 Å². The van der Waals surface area contributed by atoms with Crippen molar-refractivity contribution >= 4 is 23.3 Å². The van der Waals surface area contributed by atoms with Gasteiger partial charge < -0.3 is 11.1 Å². The van der Waals surface area contributed by atoms with Crippen molar-refractivity contribution in [3.8, 4) is 0 Å². The first-order valence-electron chi connectivity index (χ1n) is 5.79. The normalized spacial score (nSPS) is 25.6. The summed E-state index contributed by atoms with van der Waals surface area (Å²) in [5.74, 6) is 0.841. The zero-order valence-corrected chi connectivity index (χ0v) is 10.8. The average molecular weight is 240 g/mol. The standard InChI is InChI=1S/C11H20N4S/c1-15-7-8(12)11(14-15)13-9-5-3-4-6-10(9)16-2/h7,9-10H,3-6,12H2,1-2H3,(H,13,14). The largest absolute Gasteiger partial charge is 0.394 e. The maximum Gasteiger partial charge on any atom is 0.171 e. The third kappa shape index (κ3) is 2.45. The van der Waals surface area contributed by atoms with Crippen LogP contribution in [0.15, 0.2) is 6.20 Å². The zero-order chi connectivity index (χ0) is 11.5. The van der Waals surface area contributed by atoms with Crippen molar-refractivity contribution in [1.82, 2.24) is 9.78 Å². The smallest absolute Gasteiger partial charge is 0.171 e. The Morgan fingerprint density at radius 2 is 2.25 bits per heavy atom. The monoisotopic (exact) mass is 240 g/mol. The summed E-state index contributed by atoms with van der Waals surface area (Å²) in [6.07, 6.45) is 9.21. The minimum Gasteiger partial charge on any atom is -0.394 e. The Kier molecular flexibility index (Phi) is 3.63. The molecule has 4 nitrogen and oxygen atoms in total. The van der Waals surface area contributed by atoms with Crippen molar-refractivity contribution in [1.29, 1.82) is 0 Å². The molecule has 2 rings (SSSR count). The first-order chi connectivity index (χ1) is 7.70. The van der Waals surface area contributed by atoms with Gasteiger partial charge in [-0.1, -0.05) is 12.8 Å². The van der Waals surface area contributed by atoms with E-state index >= 15 is 0 Å². The van der Waals surface area contributed by atoms with Crippen molar-refractivity contribution in [2.24, 2.45) is 7.05 Å². The van der Waals surface area contributed by atoms with E-state index in [2.05, 4.69) is 16.7 Å². The van der Waals surface area contributed by atoms with Crippen molar-refractivity contribution in [3.05, 3.63) is 6.20 Å². The minimum absolute atomic E-state index is 0.515. The summed E-state index contributed by atoms with van der Waals surface area (Å²) in [7, 11) is 1.90. The van der Waals surface area contributed by atoms with Gasteiger partial charge in [-0.05, 0) is 19.1 Å². The van der Waals surface area contributed by atoms with Crippen molar-refractivity contribution < 1.29 is 0 Å². The van der Waals surface area contributed by atoms with Crippen LogP contribution in [0.2, 0.25) is 0 Å². The second-order valence-electron chi connectivity index (χ2n) is 4.42. The third-order valence-electron chi connectivity index (χ3n) is 3.18. The topological polar surface area (TPSA) is 55.9 Å². The van der Waals surface area contributed by atoms with Crippen molar-refractivity contribution in [2.45, 2.75) is 37.0 Å². The summed E-state index contributed by atoms with van der Waals surface area (Å²) in [5, 5.41) is 8.53. The van der Waals surface area contributed by atoms with Crippen LogP contribution in [0.1, 0.15) is 25.7 Å². The molecule has 90 valence electrons. The number of nitrogens with one attached hydrogen (secondary N) is 1. The molecule has 0 bridgehead atoms. The second kappa shape index (κ2) is 4.99. The molecule has 1 aromatic heterocycles. The third-order valence-corrected chi connectivity index (χ3v) is 4.35. The number of aryl methyl sites for hydroxylation is 1. The van der Waals surface area contributed by atoms with E-state index in [0.717, 1.165) is 11.5 Å². The lowest BCUT2D eigenvalue weighted by Crippen LogP contribution is -2.34. The van der Waals surface area contributed by atoms with Gasteiger partial charge in [-0.25, -0.2) is 0 Å².